The smallest absolute Gasteiger partial charge is 0.331 e. The van der Waals surface area contributed by atoms with Crippen LogP contribution >= 0.6 is 0 Å². The standard InChI is InChI=1S/C45H65N3O7/c1-25(2)13-12-16-28(40(54)55)21-32(49)30(24-48-41(46)47)26(3)31-22-35(52)45(8)37-36(33(50)23-44(31,45)7)43(6)20-19-34(51)42(4,5)39(43)29(38(37)53)18-17-27-14-10-9-11-15-27/h9-11,14-15,17-18,21,25-26,29-32,35,38-39,49,52-53H,12-13,16,19-20,22-24H2,1-8H3,(H,54,55)(H4,46,47,48)/b18-17+,28-21+/t26-,29+,30-,31-,32-,35+,38-,39-,43-,44-,45+/m1/s1. The van der Waals surface area contributed by atoms with E-state index in [0.717, 1.165) is 12.0 Å². The van der Waals surface area contributed by atoms with Gasteiger partial charge in [0.05, 0.1) is 18.3 Å². The van der Waals surface area contributed by atoms with Gasteiger partial charge in [0.15, 0.2) is 11.7 Å². The van der Waals surface area contributed by atoms with Crippen molar-refractivity contribution in [3.05, 3.63) is 64.8 Å². The first-order valence-electron chi connectivity index (χ1n) is 20.2. The first kappa shape index (κ1) is 42.5. The van der Waals surface area contributed by atoms with Gasteiger partial charge in [0.25, 0.3) is 0 Å². The highest BCUT2D eigenvalue weighted by Gasteiger charge is 2.71. The van der Waals surface area contributed by atoms with Crippen LogP contribution in [0.25, 0.3) is 6.08 Å². The summed E-state index contributed by atoms with van der Waals surface area (Å²) in [5.41, 5.74) is 10.3. The average Bonchev–Trinajstić information content (AvgIpc) is 3.30. The number of nitrogens with zero attached hydrogens (tertiary/aromatic N) is 1. The predicted octanol–water partition coefficient (Wildman–Crippen LogP) is 6.09. The fraction of sp³-hybridized carbons (Fsp3) is 0.644. The molecule has 4 aliphatic carbocycles. The molecule has 0 aliphatic heterocycles. The second-order valence-electron chi connectivity index (χ2n) is 18.8. The van der Waals surface area contributed by atoms with Crippen LogP contribution in [0, 0.1) is 57.2 Å². The Balaban J connectivity index is 1.62. The number of carbonyl (C=O) groups excluding carboxylic acids is 2. The van der Waals surface area contributed by atoms with Gasteiger partial charge in [-0.2, -0.15) is 0 Å². The summed E-state index contributed by atoms with van der Waals surface area (Å²) in [4.78, 5) is 45.1. The van der Waals surface area contributed by atoms with Gasteiger partial charge in [-0.25, -0.2) is 4.79 Å². The maximum absolute atomic E-state index is 14.9. The third-order valence-corrected chi connectivity index (χ3v) is 14.9. The summed E-state index contributed by atoms with van der Waals surface area (Å²) in [6, 6.07) is 9.79. The summed E-state index contributed by atoms with van der Waals surface area (Å²) >= 11 is 0. The minimum Gasteiger partial charge on any atom is -0.478 e. The third kappa shape index (κ3) is 7.39. The minimum atomic E-state index is -1.22. The number of carboxylic acids is 1. The van der Waals surface area contributed by atoms with Crippen molar-refractivity contribution in [2.24, 2.45) is 73.6 Å². The molecular formula is C45H65N3O7. The molecule has 0 aromatic heterocycles. The number of ketones is 2. The molecule has 0 bridgehead atoms. The van der Waals surface area contributed by atoms with E-state index in [0.29, 0.717) is 42.7 Å². The highest BCUT2D eigenvalue weighted by atomic mass is 16.4. The fourth-order valence-electron chi connectivity index (χ4n) is 11.8. The predicted molar refractivity (Wildman–Crippen MR) is 215 cm³/mol. The zero-order valence-electron chi connectivity index (χ0n) is 34.1. The molecule has 10 nitrogen and oxygen atoms in total. The van der Waals surface area contributed by atoms with Crippen LogP contribution in [0.5, 0.6) is 0 Å². The van der Waals surface area contributed by atoms with Crippen molar-refractivity contribution in [1.82, 2.24) is 0 Å². The molecule has 0 spiro atoms. The molecule has 2 fully saturated rings. The van der Waals surface area contributed by atoms with Crippen LogP contribution in [0.1, 0.15) is 106 Å². The summed E-state index contributed by atoms with van der Waals surface area (Å²) in [7, 11) is 0. The minimum absolute atomic E-state index is 0.0131. The number of aliphatic carboxylic acids is 1. The molecule has 302 valence electrons. The number of aliphatic hydroxyl groups excluding tert-OH is 3. The van der Waals surface area contributed by atoms with E-state index in [-0.39, 0.29) is 60.2 Å². The molecule has 5 rings (SSSR count). The Morgan fingerprint density at radius 3 is 2.29 bits per heavy atom. The number of benzene rings is 1. The third-order valence-electron chi connectivity index (χ3n) is 14.9. The Morgan fingerprint density at radius 1 is 1.04 bits per heavy atom. The Kier molecular flexibility index (Phi) is 12.2. The van der Waals surface area contributed by atoms with Gasteiger partial charge in [-0.15, -0.1) is 0 Å². The van der Waals surface area contributed by atoms with E-state index in [1.54, 1.807) is 0 Å². The lowest BCUT2D eigenvalue weighted by molar-refractivity contribution is -0.151. The van der Waals surface area contributed by atoms with Gasteiger partial charge in [-0.1, -0.05) is 104 Å². The van der Waals surface area contributed by atoms with Crippen molar-refractivity contribution in [2.45, 2.75) is 119 Å². The molecule has 1 aromatic rings. The summed E-state index contributed by atoms with van der Waals surface area (Å²) in [5, 5.41) is 47.0. The van der Waals surface area contributed by atoms with Crippen LogP contribution in [0.3, 0.4) is 0 Å². The van der Waals surface area contributed by atoms with E-state index in [9.17, 15) is 34.8 Å². The second-order valence-corrected chi connectivity index (χ2v) is 18.8. The van der Waals surface area contributed by atoms with Gasteiger partial charge in [0.2, 0.25) is 0 Å². The number of allylic oxidation sites excluding steroid dienone is 1. The Hall–Kier alpha value is -3.60. The quantitative estimate of drug-likeness (QED) is 0.0784. The molecule has 2 saturated carbocycles. The van der Waals surface area contributed by atoms with E-state index in [1.807, 2.05) is 77.1 Å². The number of Topliss-reactive ketones (excluding diaryl/α,β-unsaturated/α-hetero) is 2. The van der Waals surface area contributed by atoms with Crippen LogP contribution < -0.4 is 11.5 Å². The van der Waals surface area contributed by atoms with Gasteiger partial charge in [0, 0.05) is 58.6 Å². The Bertz CT molecular complexity index is 1760. The molecule has 55 heavy (non-hydrogen) atoms. The van der Waals surface area contributed by atoms with Crippen LogP contribution in [-0.4, -0.2) is 68.8 Å². The van der Waals surface area contributed by atoms with Crippen molar-refractivity contribution < 1.29 is 34.8 Å². The van der Waals surface area contributed by atoms with Crippen molar-refractivity contribution in [1.29, 1.82) is 0 Å². The van der Waals surface area contributed by atoms with Crippen molar-refractivity contribution in [3.8, 4) is 0 Å². The molecule has 0 unspecified atom stereocenters. The zero-order chi connectivity index (χ0) is 40.8. The maximum Gasteiger partial charge on any atom is 0.331 e. The SMILES string of the molecule is CC(C)CCC/C(=C\[C@@H](O)[C@H](CN=C(N)N)[C@@H](C)[C@H]1C[C@H](O)[C@@]2(C)C3=C(C(=O)C[C@]12C)[C@@]1(C)CCC(=O)C(C)(C)[C@H]1[C@@H](/C=C/c1ccccc1)[C@H]3O)C(=O)O. The van der Waals surface area contributed by atoms with Crippen LogP contribution in [0.4, 0.5) is 0 Å². The zero-order valence-corrected chi connectivity index (χ0v) is 34.1. The number of carboxylic acid groups (broad SMARTS) is 1. The normalized spacial score (nSPS) is 34.9. The molecule has 0 heterocycles. The highest BCUT2D eigenvalue weighted by molar-refractivity contribution is 6.01. The monoisotopic (exact) mass is 759 g/mol. The van der Waals surface area contributed by atoms with Gasteiger partial charge in [-0.3, -0.25) is 14.6 Å². The Morgan fingerprint density at radius 2 is 1.69 bits per heavy atom. The summed E-state index contributed by atoms with van der Waals surface area (Å²) in [6.07, 6.45) is 5.07. The summed E-state index contributed by atoms with van der Waals surface area (Å²) in [6.45, 7) is 16.1. The molecule has 11 atom stereocenters. The lowest BCUT2D eigenvalue weighted by Crippen LogP contribution is -2.63. The average molecular weight is 760 g/mol. The van der Waals surface area contributed by atoms with E-state index in [4.69, 9.17) is 11.5 Å². The first-order chi connectivity index (χ1) is 25.6. The van der Waals surface area contributed by atoms with Crippen LogP contribution in [0.2, 0.25) is 0 Å². The van der Waals surface area contributed by atoms with Gasteiger partial charge in [0.1, 0.15) is 5.78 Å². The molecule has 1 aromatic carbocycles. The van der Waals surface area contributed by atoms with Gasteiger partial charge in [-0.05, 0) is 72.0 Å². The van der Waals surface area contributed by atoms with Gasteiger partial charge >= 0.3 is 5.97 Å². The highest BCUT2D eigenvalue weighted by Crippen LogP contribution is 2.72. The molecule has 0 saturated heterocycles. The lowest BCUT2D eigenvalue weighted by Gasteiger charge is -2.63. The number of nitrogens with two attached hydrogens (primary N) is 2. The van der Waals surface area contributed by atoms with Crippen LogP contribution in [0.15, 0.2) is 64.2 Å². The van der Waals surface area contributed by atoms with Crippen molar-refractivity contribution >= 4 is 29.6 Å². The fourth-order valence-corrected chi connectivity index (χ4v) is 11.8. The van der Waals surface area contributed by atoms with Gasteiger partial charge < -0.3 is 31.9 Å². The maximum atomic E-state index is 14.9. The second kappa shape index (κ2) is 15.7. The number of guanidine groups is 1. The molecule has 0 radical (unpaired) electrons. The van der Waals surface area contributed by atoms with E-state index in [1.165, 1.54) is 6.08 Å². The lowest BCUT2D eigenvalue weighted by atomic mass is 9.40. The van der Waals surface area contributed by atoms with E-state index in [2.05, 4.69) is 25.8 Å². The Labute approximate surface area is 327 Å². The number of aliphatic imine (C=N–C) groups is 1. The first-order valence-corrected chi connectivity index (χ1v) is 20.2. The van der Waals surface area contributed by atoms with Crippen LogP contribution in [-0.2, 0) is 14.4 Å². The number of rotatable bonds is 13. The summed E-state index contributed by atoms with van der Waals surface area (Å²) in [5.74, 6) is -3.08. The number of hydrogen-bond acceptors (Lipinski definition) is 7. The molecule has 0 amide bonds. The number of fused-ring (bicyclic) bond motifs is 4. The molecule has 10 heteroatoms. The number of hydrogen-bond donors (Lipinski definition) is 6. The number of aliphatic hydroxyl groups is 3. The van der Waals surface area contributed by atoms with Crippen molar-refractivity contribution in [3.63, 3.8) is 0 Å². The molecule has 4 aliphatic rings. The van der Waals surface area contributed by atoms with E-state index >= 15 is 0 Å². The van der Waals surface area contributed by atoms with Crippen molar-refractivity contribution in [2.75, 3.05) is 6.54 Å². The summed E-state index contributed by atoms with van der Waals surface area (Å²) < 4.78 is 0. The van der Waals surface area contributed by atoms with E-state index < -0.39 is 57.8 Å². The molecular weight excluding hydrogens is 695 g/mol. The number of carbonyl (C=O) groups is 3. The molecule has 8 N–H and O–H groups in total. The largest absolute Gasteiger partial charge is 0.478 e. The topological polar surface area (TPSA) is 197 Å².